The van der Waals surface area contributed by atoms with Crippen molar-refractivity contribution in [1.82, 2.24) is 4.90 Å². The largest absolute Gasteiger partial charge is 0.481 e. The molecule has 1 saturated carbocycles. The van der Waals surface area contributed by atoms with Gasteiger partial charge in [-0.2, -0.15) is 0 Å². The lowest BCUT2D eigenvalue weighted by Crippen LogP contribution is -2.39. The molecule has 0 aromatic heterocycles. The van der Waals surface area contributed by atoms with E-state index in [2.05, 4.69) is 0 Å². The van der Waals surface area contributed by atoms with Crippen LogP contribution in [0.1, 0.15) is 64.7 Å². The zero-order valence-electron chi connectivity index (χ0n) is 12.6. The number of aliphatic carboxylic acids is 1. The first-order chi connectivity index (χ1) is 9.59. The van der Waals surface area contributed by atoms with Crippen molar-refractivity contribution in [2.75, 3.05) is 13.1 Å². The minimum absolute atomic E-state index is 0.136. The van der Waals surface area contributed by atoms with Crippen LogP contribution in [-0.2, 0) is 9.59 Å². The maximum atomic E-state index is 12.6. The fourth-order valence-electron chi connectivity index (χ4n) is 3.64. The van der Waals surface area contributed by atoms with Crippen LogP contribution in [0.25, 0.3) is 0 Å². The predicted octanol–water partition coefficient (Wildman–Crippen LogP) is 3.06. The molecular weight excluding hydrogens is 254 g/mol. The van der Waals surface area contributed by atoms with Gasteiger partial charge in [0.25, 0.3) is 0 Å². The Hall–Kier alpha value is -1.06. The number of carboxylic acid groups (broad SMARTS) is 1. The van der Waals surface area contributed by atoms with Gasteiger partial charge in [0, 0.05) is 19.0 Å². The van der Waals surface area contributed by atoms with Crippen molar-refractivity contribution >= 4 is 11.9 Å². The Morgan fingerprint density at radius 3 is 2.25 bits per heavy atom. The maximum absolute atomic E-state index is 12.6. The molecule has 0 bridgehead atoms. The molecule has 0 aromatic rings. The molecule has 2 fully saturated rings. The van der Waals surface area contributed by atoms with E-state index in [4.69, 9.17) is 0 Å². The van der Waals surface area contributed by atoms with Gasteiger partial charge >= 0.3 is 5.97 Å². The van der Waals surface area contributed by atoms with E-state index in [0.29, 0.717) is 25.9 Å². The Morgan fingerprint density at radius 2 is 1.75 bits per heavy atom. The summed E-state index contributed by atoms with van der Waals surface area (Å²) in [4.78, 5) is 25.9. The average Bonchev–Trinajstić information content (AvgIpc) is 2.83. The van der Waals surface area contributed by atoms with Gasteiger partial charge in [-0.25, -0.2) is 0 Å². The van der Waals surface area contributed by atoms with Gasteiger partial charge in [0.05, 0.1) is 5.41 Å². The van der Waals surface area contributed by atoms with E-state index in [0.717, 1.165) is 25.7 Å². The lowest BCUT2D eigenvalue weighted by molar-refractivity contribution is -0.149. The molecule has 4 heteroatoms. The van der Waals surface area contributed by atoms with Gasteiger partial charge in [0.2, 0.25) is 5.91 Å². The van der Waals surface area contributed by atoms with Crippen molar-refractivity contribution in [3.05, 3.63) is 0 Å². The van der Waals surface area contributed by atoms with Crippen LogP contribution in [0.5, 0.6) is 0 Å². The van der Waals surface area contributed by atoms with Gasteiger partial charge in [-0.05, 0) is 25.7 Å². The SMILES string of the molecule is CCC1(C(=O)O)CCN(C(=O)C2CCCCCCC2)C1. The molecule has 1 atom stereocenters. The van der Waals surface area contributed by atoms with Crippen molar-refractivity contribution in [2.45, 2.75) is 64.7 Å². The van der Waals surface area contributed by atoms with Crippen LogP contribution in [-0.4, -0.2) is 35.0 Å². The molecule has 20 heavy (non-hydrogen) atoms. The van der Waals surface area contributed by atoms with E-state index in [-0.39, 0.29) is 11.8 Å². The van der Waals surface area contributed by atoms with E-state index in [9.17, 15) is 14.7 Å². The van der Waals surface area contributed by atoms with Crippen LogP contribution in [0.3, 0.4) is 0 Å². The molecular formula is C16H27NO3. The predicted molar refractivity (Wildman–Crippen MR) is 77.4 cm³/mol. The van der Waals surface area contributed by atoms with E-state index in [1.54, 1.807) is 0 Å². The number of rotatable bonds is 3. The second kappa shape index (κ2) is 6.59. The van der Waals surface area contributed by atoms with Crippen LogP contribution in [0, 0.1) is 11.3 Å². The monoisotopic (exact) mass is 281 g/mol. The summed E-state index contributed by atoms with van der Waals surface area (Å²) in [6.07, 6.45) is 9.24. The summed E-state index contributed by atoms with van der Waals surface area (Å²) in [5, 5.41) is 9.42. The lowest BCUT2D eigenvalue weighted by Gasteiger charge is -2.27. The first kappa shape index (κ1) is 15.3. The molecule has 1 aliphatic carbocycles. The van der Waals surface area contributed by atoms with E-state index < -0.39 is 11.4 Å². The number of hydrogen-bond acceptors (Lipinski definition) is 2. The molecule has 114 valence electrons. The quantitative estimate of drug-likeness (QED) is 0.865. The van der Waals surface area contributed by atoms with Crippen LogP contribution in [0.15, 0.2) is 0 Å². The summed E-state index contributed by atoms with van der Waals surface area (Å²) in [5.41, 5.74) is -0.697. The number of carbonyl (C=O) groups excluding carboxylic acids is 1. The third-order valence-electron chi connectivity index (χ3n) is 5.25. The Kier molecular flexibility index (Phi) is 5.06. The standard InChI is InChI=1S/C16H27NO3/c1-2-16(15(19)20)10-11-17(12-16)14(18)13-8-6-4-3-5-7-9-13/h13H,2-12H2,1H3,(H,19,20). The molecule has 2 rings (SSSR count). The van der Waals surface area contributed by atoms with Gasteiger partial charge in [-0.1, -0.05) is 39.0 Å². The molecule has 1 N–H and O–H groups in total. The van der Waals surface area contributed by atoms with Crippen LogP contribution >= 0.6 is 0 Å². The molecule has 1 saturated heterocycles. The summed E-state index contributed by atoms with van der Waals surface area (Å²) in [7, 11) is 0. The van der Waals surface area contributed by atoms with Crippen molar-refractivity contribution in [2.24, 2.45) is 11.3 Å². The molecule has 0 aromatic carbocycles. The number of amides is 1. The maximum Gasteiger partial charge on any atom is 0.311 e. The number of nitrogens with zero attached hydrogens (tertiary/aromatic N) is 1. The van der Waals surface area contributed by atoms with Crippen LogP contribution < -0.4 is 0 Å². The summed E-state index contributed by atoms with van der Waals surface area (Å²) in [5.74, 6) is -0.395. The average molecular weight is 281 g/mol. The van der Waals surface area contributed by atoms with E-state index >= 15 is 0 Å². The summed E-state index contributed by atoms with van der Waals surface area (Å²) >= 11 is 0. The Morgan fingerprint density at radius 1 is 1.15 bits per heavy atom. The van der Waals surface area contributed by atoms with Gasteiger partial charge in [0.15, 0.2) is 0 Å². The second-order valence-corrected chi connectivity index (χ2v) is 6.49. The fraction of sp³-hybridized carbons (Fsp3) is 0.875. The number of likely N-dealkylation sites (tertiary alicyclic amines) is 1. The zero-order chi connectivity index (χ0) is 14.6. The highest BCUT2D eigenvalue weighted by molar-refractivity contribution is 5.82. The highest BCUT2D eigenvalue weighted by Gasteiger charge is 2.45. The topological polar surface area (TPSA) is 57.6 Å². The molecule has 1 aliphatic heterocycles. The van der Waals surface area contributed by atoms with Crippen molar-refractivity contribution in [3.63, 3.8) is 0 Å². The van der Waals surface area contributed by atoms with E-state index in [1.807, 2.05) is 11.8 Å². The lowest BCUT2D eigenvalue weighted by atomic mass is 9.84. The molecule has 2 aliphatic rings. The minimum atomic E-state index is -0.743. The summed E-state index contributed by atoms with van der Waals surface area (Å²) in [6, 6.07) is 0. The minimum Gasteiger partial charge on any atom is -0.481 e. The van der Waals surface area contributed by atoms with Gasteiger partial charge in [0.1, 0.15) is 0 Å². The third kappa shape index (κ3) is 3.15. The number of carboxylic acids is 1. The Balaban J connectivity index is 1.97. The van der Waals surface area contributed by atoms with E-state index in [1.165, 1.54) is 19.3 Å². The Labute approximate surface area is 121 Å². The second-order valence-electron chi connectivity index (χ2n) is 6.49. The summed E-state index contributed by atoms with van der Waals surface area (Å²) in [6.45, 7) is 2.95. The molecule has 0 spiro atoms. The van der Waals surface area contributed by atoms with Crippen molar-refractivity contribution in [3.8, 4) is 0 Å². The van der Waals surface area contributed by atoms with Gasteiger partial charge in [-0.15, -0.1) is 0 Å². The first-order valence-electron chi connectivity index (χ1n) is 8.11. The normalized spacial score (nSPS) is 28.9. The number of hydrogen-bond donors (Lipinski definition) is 1. The fourth-order valence-corrected chi connectivity index (χ4v) is 3.64. The Bertz CT molecular complexity index is 361. The molecule has 4 nitrogen and oxygen atoms in total. The van der Waals surface area contributed by atoms with Gasteiger partial charge in [-0.3, -0.25) is 9.59 Å². The third-order valence-corrected chi connectivity index (χ3v) is 5.25. The van der Waals surface area contributed by atoms with Crippen molar-refractivity contribution < 1.29 is 14.7 Å². The summed E-state index contributed by atoms with van der Waals surface area (Å²) < 4.78 is 0. The molecule has 1 amide bonds. The molecule has 0 radical (unpaired) electrons. The zero-order valence-corrected chi connectivity index (χ0v) is 12.6. The molecule has 1 heterocycles. The molecule has 1 unspecified atom stereocenters. The van der Waals surface area contributed by atoms with Crippen molar-refractivity contribution in [1.29, 1.82) is 0 Å². The highest BCUT2D eigenvalue weighted by atomic mass is 16.4. The highest BCUT2D eigenvalue weighted by Crippen LogP contribution is 2.36. The number of carbonyl (C=O) groups is 2. The van der Waals surface area contributed by atoms with Crippen LogP contribution in [0.2, 0.25) is 0 Å². The van der Waals surface area contributed by atoms with Gasteiger partial charge < -0.3 is 10.0 Å². The first-order valence-corrected chi connectivity index (χ1v) is 8.11. The van der Waals surface area contributed by atoms with Crippen LogP contribution in [0.4, 0.5) is 0 Å². The smallest absolute Gasteiger partial charge is 0.311 e.